The van der Waals surface area contributed by atoms with Crippen LogP contribution in [0.1, 0.15) is 39.0 Å². The molecule has 0 unspecified atom stereocenters. The molecule has 4 rings (SSSR count). The van der Waals surface area contributed by atoms with E-state index in [0.29, 0.717) is 0 Å². The van der Waals surface area contributed by atoms with E-state index in [1.807, 2.05) is 11.9 Å². The van der Waals surface area contributed by atoms with Gasteiger partial charge in [-0.15, -0.1) is 0 Å². The molecule has 0 atom stereocenters. The third-order valence-electron chi connectivity index (χ3n) is 5.08. The summed E-state index contributed by atoms with van der Waals surface area (Å²) in [6.07, 6.45) is 7.68. The van der Waals surface area contributed by atoms with Crippen LogP contribution in [0, 0.1) is 23.7 Å². The summed E-state index contributed by atoms with van der Waals surface area (Å²) < 4.78 is 3.41. The second-order valence-corrected chi connectivity index (χ2v) is 7.39. The van der Waals surface area contributed by atoms with Crippen LogP contribution in [0.25, 0.3) is 0 Å². The molecule has 0 aromatic rings. The van der Waals surface area contributed by atoms with Gasteiger partial charge >= 0.3 is 0 Å². The molecule has 2 nitrogen and oxygen atoms in total. The zero-order valence-corrected chi connectivity index (χ0v) is 11.8. The van der Waals surface area contributed by atoms with Gasteiger partial charge in [0, 0.05) is 24.9 Å². The number of hydrogen-bond acceptors (Lipinski definition) is 3. The van der Waals surface area contributed by atoms with Gasteiger partial charge in [-0.1, -0.05) is 18.9 Å². The van der Waals surface area contributed by atoms with Gasteiger partial charge in [-0.25, -0.2) is 0 Å². The first-order valence-corrected chi connectivity index (χ1v) is 8.43. The van der Waals surface area contributed by atoms with Gasteiger partial charge in [0.15, 0.2) is 0 Å². The van der Waals surface area contributed by atoms with Crippen molar-refractivity contribution in [2.24, 2.45) is 23.7 Å². The van der Waals surface area contributed by atoms with Crippen LogP contribution >= 0.6 is 11.9 Å². The molecule has 17 heavy (non-hydrogen) atoms. The average Bonchev–Trinajstić information content (AvgIpc) is 2.31. The Bertz CT molecular complexity index is 229. The summed E-state index contributed by atoms with van der Waals surface area (Å²) >= 11 is 1.83. The highest BCUT2D eigenvalue weighted by Crippen LogP contribution is 2.53. The Morgan fingerprint density at radius 3 is 2.18 bits per heavy atom. The van der Waals surface area contributed by atoms with E-state index in [2.05, 4.69) is 17.0 Å². The Hall–Kier alpha value is 0.270. The molecule has 0 aliphatic heterocycles. The first kappa shape index (κ1) is 12.3. The maximum atomic E-state index is 3.85. The predicted octanol–water partition coefficient (Wildman–Crippen LogP) is 2.66. The van der Waals surface area contributed by atoms with Crippen LogP contribution in [0.4, 0.5) is 0 Å². The van der Waals surface area contributed by atoms with Gasteiger partial charge in [-0.3, -0.25) is 4.72 Å². The number of hydrogen-bond donors (Lipinski definition) is 2. The van der Waals surface area contributed by atoms with Gasteiger partial charge in [-0.05, 0) is 55.8 Å². The summed E-state index contributed by atoms with van der Waals surface area (Å²) in [5, 5.41) is 3.85. The minimum Gasteiger partial charge on any atom is -0.312 e. The van der Waals surface area contributed by atoms with Crippen molar-refractivity contribution in [3.63, 3.8) is 0 Å². The highest BCUT2D eigenvalue weighted by atomic mass is 32.2. The second kappa shape index (κ2) is 5.50. The summed E-state index contributed by atoms with van der Waals surface area (Å²) in [7, 11) is 0. The van der Waals surface area contributed by atoms with Crippen molar-refractivity contribution in [2.45, 2.75) is 45.1 Å². The molecule has 4 fully saturated rings. The fourth-order valence-corrected chi connectivity index (χ4v) is 5.17. The smallest absolute Gasteiger partial charge is 0.0184 e. The van der Waals surface area contributed by atoms with Crippen LogP contribution in [0.2, 0.25) is 0 Å². The van der Waals surface area contributed by atoms with E-state index in [4.69, 9.17) is 0 Å². The van der Waals surface area contributed by atoms with E-state index in [0.717, 1.165) is 48.6 Å². The maximum absolute atomic E-state index is 3.85. The van der Waals surface area contributed by atoms with Crippen molar-refractivity contribution >= 4 is 11.9 Å². The van der Waals surface area contributed by atoms with Crippen molar-refractivity contribution < 1.29 is 0 Å². The Morgan fingerprint density at radius 1 is 0.941 bits per heavy atom. The molecular weight excluding hydrogens is 228 g/mol. The average molecular weight is 254 g/mol. The minimum atomic E-state index is 0.858. The van der Waals surface area contributed by atoms with Crippen molar-refractivity contribution in [3.8, 4) is 0 Å². The molecule has 4 aliphatic rings. The van der Waals surface area contributed by atoms with Gasteiger partial charge in [-0.2, -0.15) is 0 Å². The molecule has 4 bridgehead atoms. The SMILES string of the molecule is CCSNCCNC1C2CC3CC(C2)CC1C3. The first-order chi connectivity index (χ1) is 8.36. The molecule has 0 aromatic heterocycles. The van der Waals surface area contributed by atoms with Gasteiger partial charge < -0.3 is 5.32 Å². The van der Waals surface area contributed by atoms with Gasteiger partial charge in [0.25, 0.3) is 0 Å². The fourth-order valence-electron chi connectivity index (χ4n) is 4.72. The van der Waals surface area contributed by atoms with Crippen LogP contribution in [0.15, 0.2) is 0 Å². The molecule has 4 saturated carbocycles. The summed E-state index contributed by atoms with van der Waals surface area (Å²) in [6.45, 7) is 4.46. The highest BCUT2D eigenvalue weighted by Gasteiger charge is 2.47. The normalized spacial score (nSPS) is 43.2. The lowest BCUT2D eigenvalue weighted by Crippen LogP contribution is -2.55. The van der Waals surface area contributed by atoms with Crippen molar-refractivity contribution in [1.29, 1.82) is 0 Å². The molecule has 0 heterocycles. The third-order valence-corrected chi connectivity index (χ3v) is 5.78. The van der Waals surface area contributed by atoms with Crippen LogP contribution in [-0.2, 0) is 0 Å². The van der Waals surface area contributed by atoms with Crippen LogP contribution < -0.4 is 10.0 Å². The summed E-state index contributed by atoms with van der Waals surface area (Å²) in [5.41, 5.74) is 0. The third kappa shape index (κ3) is 2.66. The van der Waals surface area contributed by atoms with E-state index in [1.54, 1.807) is 6.42 Å². The Morgan fingerprint density at radius 2 is 1.59 bits per heavy atom. The number of nitrogens with one attached hydrogen (secondary N) is 2. The lowest BCUT2D eigenvalue weighted by Gasteiger charge is -2.54. The molecule has 3 heteroatoms. The molecule has 0 aromatic carbocycles. The second-order valence-electron chi connectivity index (χ2n) is 6.24. The van der Waals surface area contributed by atoms with E-state index >= 15 is 0 Å². The minimum absolute atomic E-state index is 0.858. The quantitative estimate of drug-likeness (QED) is 0.563. The standard InChI is InChI=1S/C14H26N2S/c1-2-17-16-4-3-15-14-12-6-10-5-11(8-12)9-13(14)7-10/h10-16H,2-9H2,1H3. The summed E-state index contributed by atoms with van der Waals surface area (Å²) in [6, 6.07) is 0.858. The number of rotatable bonds is 6. The zero-order valence-electron chi connectivity index (χ0n) is 11.0. The fraction of sp³-hybridized carbons (Fsp3) is 1.00. The predicted molar refractivity (Wildman–Crippen MR) is 75.0 cm³/mol. The van der Waals surface area contributed by atoms with Crippen LogP contribution in [0.3, 0.4) is 0 Å². The molecule has 0 spiro atoms. The van der Waals surface area contributed by atoms with Gasteiger partial charge in [0.2, 0.25) is 0 Å². The summed E-state index contributed by atoms with van der Waals surface area (Å²) in [5.74, 6) is 5.40. The maximum Gasteiger partial charge on any atom is 0.0184 e. The van der Waals surface area contributed by atoms with Gasteiger partial charge in [0.1, 0.15) is 0 Å². The largest absolute Gasteiger partial charge is 0.312 e. The molecular formula is C14H26N2S. The molecule has 0 radical (unpaired) electrons. The lowest BCUT2D eigenvalue weighted by atomic mass is 9.54. The van der Waals surface area contributed by atoms with Crippen LogP contribution in [-0.4, -0.2) is 24.9 Å². The van der Waals surface area contributed by atoms with Crippen LogP contribution in [0.5, 0.6) is 0 Å². The van der Waals surface area contributed by atoms with Crippen molar-refractivity contribution in [1.82, 2.24) is 10.0 Å². The Kier molecular flexibility index (Phi) is 3.98. The molecule has 4 aliphatic carbocycles. The van der Waals surface area contributed by atoms with Crippen molar-refractivity contribution in [2.75, 3.05) is 18.8 Å². The molecule has 0 saturated heterocycles. The highest BCUT2D eigenvalue weighted by molar-refractivity contribution is 7.97. The lowest BCUT2D eigenvalue weighted by molar-refractivity contribution is -0.0132. The monoisotopic (exact) mass is 254 g/mol. The molecule has 0 amide bonds. The Labute approximate surface area is 110 Å². The molecule has 2 N–H and O–H groups in total. The Balaban J connectivity index is 1.44. The first-order valence-electron chi connectivity index (χ1n) is 7.44. The van der Waals surface area contributed by atoms with E-state index in [9.17, 15) is 0 Å². The van der Waals surface area contributed by atoms with Gasteiger partial charge in [0.05, 0.1) is 0 Å². The topological polar surface area (TPSA) is 24.1 Å². The zero-order chi connectivity index (χ0) is 11.7. The van der Waals surface area contributed by atoms with E-state index in [-0.39, 0.29) is 0 Å². The van der Waals surface area contributed by atoms with E-state index < -0.39 is 0 Å². The summed E-state index contributed by atoms with van der Waals surface area (Å²) in [4.78, 5) is 0. The van der Waals surface area contributed by atoms with Crippen molar-refractivity contribution in [3.05, 3.63) is 0 Å². The molecule has 98 valence electrons. The van der Waals surface area contributed by atoms with E-state index in [1.165, 1.54) is 25.7 Å².